The van der Waals surface area contributed by atoms with E-state index in [-0.39, 0.29) is 34.2 Å². The van der Waals surface area contributed by atoms with Gasteiger partial charge in [0.25, 0.3) is 0 Å². The second-order valence-corrected chi connectivity index (χ2v) is 10.3. The molecule has 0 amide bonds. The molecule has 176 valence electrons. The molecule has 2 unspecified atom stereocenters. The molecule has 8 heteroatoms. The van der Waals surface area contributed by atoms with Crippen molar-refractivity contribution >= 4 is 5.78 Å². The maximum Gasteiger partial charge on any atom is 0.333 e. The summed E-state index contributed by atoms with van der Waals surface area (Å²) < 4.78 is 35.2. The van der Waals surface area contributed by atoms with Gasteiger partial charge in [0.05, 0.1) is 24.1 Å². The number of aromatic nitrogens is 3. The minimum atomic E-state index is -2.71. The second kappa shape index (κ2) is 7.10. The van der Waals surface area contributed by atoms with Crippen LogP contribution in [-0.2, 0) is 6.42 Å². The Labute approximate surface area is 195 Å². The van der Waals surface area contributed by atoms with Gasteiger partial charge in [-0.2, -0.15) is 13.9 Å². The highest BCUT2D eigenvalue weighted by Crippen LogP contribution is 2.61. The molecule has 6 rings (SSSR count). The summed E-state index contributed by atoms with van der Waals surface area (Å²) >= 11 is 0. The summed E-state index contributed by atoms with van der Waals surface area (Å²) in [6.45, 7) is 3.64. The number of nitrogens with zero attached hydrogens (tertiary/aromatic N) is 3. The number of alkyl halides is 2. The predicted octanol–water partition coefficient (Wildman–Crippen LogP) is 5.37. The van der Waals surface area contributed by atoms with Crippen molar-refractivity contribution in [1.82, 2.24) is 14.3 Å². The van der Waals surface area contributed by atoms with Crippen molar-refractivity contribution in [1.29, 1.82) is 0 Å². The first-order valence-electron chi connectivity index (χ1n) is 11.6. The molecule has 0 radical (unpaired) electrons. The van der Waals surface area contributed by atoms with Crippen LogP contribution in [0.25, 0.3) is 22.4 Å². The zero-order chi connectivity index (χ0) is 23.9. The van der Waals surface area contributed by atoms with Crippen LogP contribution < -0.4 is 10.2 Å². The van der Waals surface area contributed by atoms with Crippen LogP contribution in [0.4, 0.5) is 8.78 Å². The van der Waals surface area contributed by atoms with Gasteiger partial charge in [0.2, 0.25) is 0 Å². The zero-order valence-corrected chi connectivity index (χ0v) is 19.3. The standard InChI is InChI=1S/C26H25F2N3O3/c1-13(32)19-12-30-20(9-21(19)33)22-16-5-7-34-23(16)17(14-10-29-31(11-14)25(27)28)8-18(22)15-4-6-26(2,3)24(15)30/h8-12,15,24-25H,4-7H2,1-3H3. The van der Waals surface area contributed by atoms with Crippen LogP contribution in [0.5, 0.6) is 5.75 Å². The van der Waals surface area contributed by atoms with Crippen LogP contribution in [0.2, 0.25) is 0 Å². The van der Waals surface area contributed by atoms with Crippen molar-refractivity contribution in [3.63, 3.8) is 0 Å². The number of Topliss-reactive ketones (excluding diaryl/α,β-unsaturated/α-hetero) is 1. The molecule has 2 aromatic heterocycles. The number of hydrogen-bond acceptors (Lipinski definition) is 4. The van der Waals surface area contributed by atoms with Crippen molar-refractivity contribution in [2.45, 2.75) is 58.5 Å². The quantitative estimate of drug-likeness (QED) is 0.488. The predicted molar refractivity (Wildman–Crippen MR) is 123 cm³/mol. The molecule has 6 nitrogen and oxygen atoms in total. The third kappa shape index (κ3) is 2.87. The second-order valence-electron chi connectivity index (χ2n) is 10.3. The topological polar surface area (TPSA) is 66.1 Å². The minimum Gasteiger partial charge on any atom is -0.492 e. The van der Waals surface area contributed by atoms with Crippen molar-refractivity contribution < 1.29 is 18.3 Å². The Morgan fingerprint density at radius 2 is 2.06 bits per heavy atom. The van der Waals surface area contributed by atoms with Crippen LogP contribution >= 0.6 is 0 Å². The van der Waals surface area contributed by atoms with E-state index in [9.17, 15) is 18.4 Å². The summed E-state index contributed by atoms with van der Waals surface area (Å²) in [4.78, 5) is 25.1. The number of rotatable bonds is 3. The fraction of sp³-hybridized carbons (Fsp3) is 0.423. The van der Waals surface area contributed by atoms with Crippen molar-refractivity contribution in [3.8, 4) is 28.1 Å². The SMILES string of the molecule is CC(=O)c1cn2c(cc1=O)-c1c(cc(-c3cnn(C(F)F)c3)c3c1CCO3)C1CCC(C)(C)C12. The lowest BCUT2D eigenvalue weighted by Gasteiger charge is -2.40. The van der Waals surface area contributed by atoms with Crippen LogP contribution in [0.15, 0.2) is 35.5 Å². The number of halogens is 2. The van der Waals surface area contributed by atoms with Crippen molar-refractivity contribution in [2.75, 3.05) is 6.61 Å². The molecule has 1 aliphatic carbocycles. The highest BCUT2D eigenvalue weighted by molar-refractivity contribution is 5.94. The zero-order valence-electron chi connectivity index (χ0n) is 19.3. The Bertz CT molecular complexity index is 1420. The summed E-state index contributed by atoms with van der Waals surface area (Å²) in [7, 11) is 0. The van der Waals surface area contributed by atoms with Gasteiger partial charge in [-0.1, -0.05) is 13.8 Å². The maximum atomic E-state index is 13.2. The molecule has 1 saturated carbocycles. The van der Waals surface area contributed by atoms with E-state index in [0.717, 1.165) is 40.8 Å². The van der Waals surface area contributed by atoms with Crippen LogP contribution in [0.3, 0.4) is 0 Å². The van der Waals surface area contributed by atoms with E-state index in [1.54, 1.807) is 12.3 Å². The molecular weight excluding hydrogens is 440 g/mol. The molecule has 34 heavy (non-hydrogen) atoms. The van der Waals surface area contributed by atoms with E-state index in [0.29, 0.717) is 29.0 Å². The Kier molecular flexibility index (Phi) is 4.44. The first kappa shape index (κ1) is 21.3. The molecule has 3 aromatic rings. The van der Waals surface area contributed by atoms with Crippen LogP contribution in [0.1, 0.15) is 73.6 Å². The van der Waals surface area contributed by atoms with Gasteiger partial charge in [-0.05, 0) is 36.8 Å². The normalized spacial score (nSPS) is 21.6. The van der Waals surface area contributed by atoms with Crippen LogP contribution in [-0.4, -0.2) is 26.7 Å². The monoisotopic (exact) mass is 465 g/mol. The lowest BCUT2D eigenvalue weighted by molar-refractivity contribution is 0.0566. The summed E-state index contributed by atoms with van der Waals surface area (Å²) in [5.41, 5.74) is 5.13. The Hall–Kier alpha value is -3.29. The molecule has 3 aliphatic rings. The highest BCUT2D eigenvalue weighted by atomic mass is 19.3. The van der Waals surface area contributed by atoms with E-state index in [4.69, 9.17) is 4.74 Å². The lowest BCUT2D eigenvalue weighted by Crippen LogP contribution is -2.32. The Balaban J connectivity index is 1.66. The minimum absolute atomic E-state index is 0.0452. The molecule has 0 bridgehead atoms. The maximum absolute atomic E-state index is 13.2. The van der Waals surface area contributed by atoms with Crippen molar-refractivity contribution in [2.24, 2.45) is 5.41 Å². The number of ether oxygens (including phenoxy) is 1. The highest BCUT2D eigenvalue weighted by Gasteiger charge is 2.48. The van der Waals surface area contributed by atoms with Gasteiger partial charge >= 0.3 is 6.55 Å². The van der Waals surface area contributed by atoms with Gasteiger partial charge in [0, 0.05) is 59.1 Å². The lowest BCUT2D eigenvalue weighted by atomic mass is 9.75. The number of fused-ring (bicyclic) bond motifs is 8. The molecular formula is C26H25F2N3O3. The van der Waals surface area contributed by atoms with Gasteiger partial charge in [0.15, 0.2) is 11.2 Å². The first-order valence-corrected chi connectivity index (χ1v) is 11.6. The van der Waals surface area contributed by atoms with E-state index < -0.39 is 6.55 Å². The average molecular weight is 466 g/mol. The van der Waals surface area contributed by atoms with E-state index in [2.05, 4.69) is 29.6 Å². The average Bonchev–Trinajstić information content (AvgIpc) is 3.51. The molecule has 0 saturated heterocycles. The summed E-state index contributed by atoms with van der Waals surface area (Å²) in [5, 5.41) is 3.83. The number of carbonyl (C=O) groups is 1. The fourth-order valence-electron chi connectivity index (χ4n) is 6.31. The number of hydrogen-bond donors (Lipinski definition) is 0. The molecule has 4 heterocycles. The van der Waals surface area contributed by atoms with Gasteiger partial charge in [-0.15, -0.1) is 0 Å². The third-order valence-electron chi connectivity index (χ3n) is 7.82. The molecule has 2 atom stereocenters. The van der Waals surface area contributed by atoms with Crippen molar-refractivity contribution in [3.05, 3.63) is 57.6 Å². The number of ketones is 1. The molecule has 1 fully saturated rings. The smallest absolute Gasteiger partial charge is 0.333 e. The molecule has 1 aromatic carbocycles. The summed E-state index contributed by atoms with van der Waals surface area (Å²) in [6, 6.07) is 3.72. The van der Waals surface area contributed by atoms with E-state index in [1.165, 1.54) is 19.3 Å². The Morgan fingerprint density at radius 1 is 1.26 bits per heavy atom. The number of pyridine rings is 1. The van der Waals surface area contributed by atoms with Gasteiger partial charge in [-0.3, -0.25) is 9.59 Å². The first-order chi connectivity index (χ1) is 16.2. The van der Waals surface area contributed by atoms with E-state index >= 15 is 0 Å². The van der Waals surface area contributed by atoms with Gasteiger partial charge in [0.1, 0.15) is 5.75 Å². The Morgan fingerprint density at radius 3 is 2.76 bits per heavy atom. The molecule has 0 spiro atoms. The third-order valence-corrected chi connectivity index (χ3v) is 7.82. The summed E-state index contributed by atoms with van der Waals surface area (Å²) in [6.07, 6.45) is 7.17. The summed E-state index contributed by atoms with van der Waals surface area (Å²) in [5.74, 6) is 0.603. The van der Waals surface area contributed by atoms with Gasteiger partial charge < -0.3 is 9.30 Å². The van der Waals surface area contributed by atoms with Crippen LogP contribution in [0, 0.1) is 5.41 Å². The number of benzene rings is 1. The van der Waals surface area contributed by atoms with E-state index in [1.807, 2.05) is 0 Å². The number of carbonyl (C=O) groups excluding carboxylic acids is 1. The fourth-order valence-corrected chi connectivity index (χ4v) is 6.31. The molecule has 2 aliphatic heterocycles. The molecule has 0 N–H and O–H groups in total. The van der Waals surface area contributed by atoms with Gasteiger partial charge in [-0.25, -0.2) is 4.68 Å². The largest absolute Gasteiger partial charge is 0.492 e.